The second kappa shape index (κ2) is 7.74. The Labute approximate surface area is 146 Å². The van der Waals surface area contributed by atoms with E-state index in [1.54, 1.807) is 24.3 Å². The smallest absolute Gasteiger partial charge is 0.256 e. The summed E-state index contributed by atoms with van der Waals surface area (Å²) in [6.07, 6.45) is -0.893. The van der Waals surface area contributed by atoms with Crippen molar-refractivity contribution in [2.45, 2.75) is 26.9 Å². The summed E-state index contributed by atoms with van der Waals surface area (Å²) in [5.74, 6) is -2.21. The van der Waals surface area contributed by atoms with Crippen molar-refractivity contribution in [3.8, 4) is 0 Å². The molecule has 1 amide bonds. The zero-order valence-corrected chi connectivity index (χ0v) is 14.7. The Morgan fingerprint density at radius 3 is 2.32 bits per heavy atom. The number of amides is 1. The van der Waals surface area contributed by atoms with Gasteiger partial charge in [0.25, 0.3) is 5.91 Å². The quantitative estimate of drug-likeness (QED) is 0.881. The highest BCUT2D eigenvalue weighted by Gasteiger charge is 2.26. The molecule has 25 heavy (non-hydrogen) atoms. The van der Waals surface area contributed by atoms with Gasteiger partial charge in [0, 0.05) is 12.6 Å². The van der Waals surface area contributed by atoms with Gasteiger partial charge in [0.1, 0.15) is 11.6 Å². The van der Waals surface area contributed by atoms with Crippen LogP contribution in [-0.2, 0) is 0 Å². The van der Waals surface area contributed by atoms with Crippen molar-refractivity contribution < 1.29 is 18.7 Å². The molecule has 0 unspecified atom stereocenters. The van der Waals surface area contributed by atoms with Crippen molar-refractivity contribution in [3.63, 3.8) is 0 Å². The number of carbonyl (C=O) groups excluding carboxylic acids is 1. The molecular weight excluding hydrogens is 324 g/mol. The first-order chi connectivity index (χ1) is 11.7. The predicted octanol–water partition coefficient (Wildman–Crippen LogP) is 4.19. The molecule has 2 rings (SSSR count). The van der Waals surface area contributed by atoms with E-state index in [0.29, 0.717) is 18.2 Å². The number of hydrogen-bond donors (Lipinski definition) is 1. The third kappa shape index (κ3) is 5.36. The lowest BCUT2D eigenvalue weighted by Crippen LogP contribution is -2.40. The third-order valence-corrected chi connectivity index (χ3v) is 3.69. The number of hydrogen-bond acceptors (Lipinski definition) is 2. The molecule has 5 heteroatoms. The summed E-state index contributed by atoms with van der Waals surface area (Å²) < 4.78 is 27.1. The van der Waals surface area contributed by atoms with E-state index >= 15 is 0 Å². The number of rotatable bonds is 5. The van der Waals surface area contributed by atoms with Gasteiger partial charge >= 0.3 is 0 Å². The van der Waals surface area contributed by atoms with E-state index in [1.807, 2.05) is 26.8 Å². The average Bonchev–Trinajstić information content (AvgIpc) is 2.53. The molecule has 1 atom stereocenters. The third-order valence-electron chi connectivity index (χ3n) is 3.69. The second-order valence-corrected chi connectivity index (χ2v) is 7.30. The van der Waals surface area contributed by atoms with E-state index in [4.69, 9.17) is 0 Å². The molecule has 0 aliphatic carbocycles. The van der Waals surface area contributed by atoms with Gasteiger partial charge in [-0.05, 0) is 23.1 Å². The molecule has 0 radical (unpaired) electrons. The first-order valence-corrected chi connectivity index (χ1v) is 8.15. The fraction of sp³-hybridized carbons (Fsp3) is 0.350. The molecule has 0 heterocycles. The Bertz CT molecular complexity index is 726. The molecule has 0 aliphatic heterocycles. The van der Waals surface area contributed by atoms with Crippen LogP contribution in [0.25, 0.3) is 0 Å². The van der Waals surface area contributed by atoms with Crippen molar-refractivity contribution in [2.24, 2.45) is 5.41 Å². The van der Waals surface area contributed by atoms with Gasteiger partial charge in [-0.1, -0.05) is 51.1 Å². The number of benzene rings is 2. The van der Waals surface area contributed by atoms with Crippen LogP contribution in [0.15, 0.2) is 48.5 Å². The average molecular weight is 347 g/mol. The van der Waals surface area contributed by atoms with Crippen LogP contribution in [0.4, 0.5) is 8.78 Å². The van der Waals surface area contributed by atoms with Crippen molar-refractivity contribution >= 4 is 5.91 Å². The van der Waals surface area contributed by atoms with Crippen LogP contribution in [0.2, 0.25) is 0 Å². The molecule has 0 bridgehead atoms. The molecule has 0 saturated heterocycles. The Kier molecular flexibility index (Phi) is 5.90. The van der Waals surface area contributed by atoms with Crippen LogP contribution < -0.4 is 0 Å². The van der Waals surface area contributed by atoms with Crippen molar-refractivity contribution in [1.82, 2.24) is 4.90 Å². The minimum Gasteiger partial charge on any atom is -0.387 e. The summed E-state index contributed by atoms with van der Waals surface area (Å²) in [5.41, 5.74) is 0.224. The van der Waals surface area contributed by atoms with E-state index in [2.05, 4.69) is 0 Å². The van der Waals surface area contributed by atoms with E-state index in [9.17, 15) is 18.7 Å². The van der Waals surface area contributed by atoms with Gasteiger partial charge in [0.05, 0.1) is 18.2 Å². The fourth-order valence-corrected chi connectivity index (χ4v) is 2.61. The molecule has 0 aliphatic rings. The summed E-state index contributed by atoms with van der Waals surface area (Å²) in [6, 6.07) is 11.9. The SMILES string of the molecule is CC(C)(C)CN(C[C@H](O)c1ccccc1)C(=O)c1ccc(F)cc1F. The van der Waals surface area contributed by atoms with Gasteiger partial charge in [0.15, 0.2) is 0 Å². The summed E-state index contributed by atoms with van der Waals surface area (Å²) in [6.45, 7) is 6.19. The number of aliphatic hydroxyl groups is 1. The summed E-state index contributed by atoms with van der Waals surface area (Å²) in [4.78, 5) is 14.2. The summed E-state index contributed by atoms with van der Waals surface area (Å²) in [5, 5.41) is 10.4. The molecule has 134 valence electrons. The van der Waals surface area contributed by atoms with Gasteiger partial charge < -0.3 is 10.0 Å². The molecule has 0 aromatic heterocycles. The van der Waals surface area contributed by atoms with Crippen LogP contribution >= 0.6 is 0 Å². The lowest BCUT2D eigenvalue weighted by atomic mass is 9.95. The number of halogens is 2. The summed E-state index contributed by atoms with van der Waals surface area (Å²) in [7, 11) is 0. The van der Waals surface area contributed by atoms with E-state index < -0.39 is 23.6 Å². The number of aliphatic hydroxyl groups excluding tert-OH is 1. The maximum absolute atomic E-state index is 14.0. The zero-order chi connectivity index (χ0) is 18.6. The molecular formula is C20H23F2NO2. The van der Waals surface area contributed by atoms with E-state index in [-0.39, 0.29) is 17.5 Å². The highest BCUT2D eigenvalue weighted by atomic mass is 19.1. The zero-order valence-electron chi connectivity index (χ0n) is 14.7. The maximum Gasteiger partial charge on any atom is 0.256 e. The Morgan fingerprint density at radius 1 is 1.12 bits per heavy atom. The second-order valence-electron chi connectivity index (χ2n) is 7.30. The molecule has 3 nitrogen and oxygen atoms in total. The van der Waals surface area contributed by atoms with Crippen molar-refractivity contribution in [2.75, 3.05) is 13.1 Å². The first-order valence-electron chi connectivity index (χ1n) is 8.15. The standard InChI is InChI=1S/C20H23F2NO2/c1-20(2,3)13-23(12-18(24)14-7-5-4-6-8-14)19(25)16-10-9-15(21)11-17(16)22/h4-11,18,24H,12-13H2,1-3H3/t18-/m0/s1. The summed E-state index contributed by atoms with van der Waals surface area (Å²) >= 11 is 0. The van der Waals surface area contributed by atoms with Crippen LogP contribution in [-0.4, -0.2) is 29.0 Å². The van der Waals surface area contributed by atoms with Gasteiger partial charge in [-0.15, -0.1) is 0 Å². The van der Waals surface area contributed by atoms with Crippen molar-refractivity contribution in [1.29, 1.82) is 0 Å². The predicted molar refractivity (Wildman–Crippen MR) is 93.1 cm³/mol. The van der Waals surface area contributed by atoms with Crippen LogP contribution in [0.3, 0.4) is 0 Å². The van der Waals surface area contributed by atoms with Gasteiger partial charge in [-0.25, -0.2) is 8.78 Å². The first kappa shape index (κ1) is 19.1. The molecule has 2 aromatic rings. The Hall–Kier alpha value is -2.27. The monoisotopic (exact) mass is 347 g/mol. The normalized spacial score (nSPS) is 12.7. The number of nitrogens with zero attached hydrogens (tertiary/aromatic N) is 1. The highest BCUT2D eigenvalue weighted by molar-refractivity contribution is 5.94. The van der Waals surface area contributed by atoms with Crippen LogP contribution in [0, 0.1) is 17.0 Å². The molecule has 1 N–H and O–H groups in total. The maximum atomic E-state index is 14.0. The molecule has 0 fully saturated rings. The largest absolute Gasteiger partial charge is 0.387 e. The van der Waals surface area contributed by atoms with Crippen LogP contribution in [0.5, 0.6) is 0 Å². The van der Waals surface area contributed by atoms with E-state index in [0.717, 1.165) is 12.1 Å². The number of carbonyl (C=O) groups is 1. The van der Waals surface area contributed by atoms with Gasteiger partial charge in [-0.3, -0.25) is 4.79 Å². The topological polar surface area (TPSA) is 40.5 Å². The van der Waals surface area contributed by atoms with Gasteiger partial charge in [-0.2, -0.15) is 0 Å². The fourth-order valence-electron chi connectivity index (χ4n) is 2.61. The lowest BCUT2D eigenvalue weighted by molar-refractivity contribution is 0.0535. The van der Waals surface area contributed by atoms with Crippen LogP contribution in [0.1, 0.15) is 42.8 Å². The van der Waals surface area contributed by atoms with Gasteiger partial charge in [0.2, 0.25) is 0 Å². The Balaban J connectivity index is 2.27. The van der Waals surface area contributed by atoms with E-state index in [1.165, 1.54) is 4.90 Å². The molecule has 2 aromatic carbocycles. The lowest BCUT2D eigenvalue weighted by Gasteiger charge is -2.32. The molecule has 0 spiro atoms. The minimum atomic E-state index is -0.905. The molecule has 0 saturated carbocycles. The van der Waals surface area contributed by atoms with Crippen molar-refractivity contribution in [3.05, 3.63) is 71.3 Å². The highest BCUT2D eigenvalue weighted by Crippen LogP contribution is 2.22. The Morgan fingerprint density at radius 2 is 1.76 bits per heavy atom. The minimum absolute atomic E-state index is 0.0247.